The molecule has 0 spiro atoms. The van der Waals surface area contributed by atoms with Gasteiger partial charge in [-0.15, -0.1) is 0 Å². The van der Waals surface area contributed by atoms with Crippen molar-refractivity contribution in [1.82, 2.24) is 10.6 Å². The molecule has 44 heavy (non-hydrogen) atoms. The molecule has 0 unspecified atom stereocenters. The summed E-state index contributed by atoms with van der Waals surface area (Å²) in [6.45, 7) is 0.0449. The summed E-state index contributed by atoms with van der Waals surface area (Å²) >= 11 is 0. The molecule has 3 aromatic rings. The van der Waals surface area contributed by atoms with Gasteiger partial charge in [-0.1, -0.05) is 91.0 Å². The summed E-state index contributed by atoms with van der Waals surface area (Å²) < 4.78 is 60.0. The molecule has 0 aliphatic heterocycles. The van der Waals surface area contributed by atoms with Crippen LogP contribution in [0.4, 0.5) is 18.0 Å². The Morgan fingerprint density at radius 3 is 1.64 bits per heavy atom. The summed E-state index contributed by atoms with van der Waals surface area (Å²) in [5.41, 5.74) is 1.96. The molecule has 0 saturated carbocycles. The molecule has 10 nitrogen and oxygen atoms in total. The van der Waals surface area contributed by atoms with Gasteiger partial charge in [0.15, 0.2) is 12.1 Å². The van der Waals surface area contributed by atoms with E-state index in [0.717, 1.165) is 5.56 Å². The quantitative estimate of drug-likeness (QED) is 0.204. The summed E-state index contributed by atoms with van der Waals surface area (Å²) in [5, 5.41) is 3.83. The third kappa shape index (κ3) is 11.4. The lowest BCUT2D eigenvalue weighted by atomic mass is 10.1. The SMILES string of the molecule is C[C@@H](OCc1ccccc1)[C@H](NC(=O)OCc1ccccc1)C(=O)OC[C@H](NC(=O)C(F)(F)F)C(=O)OCc1ccccc1. The maximum absolute atomic E-state index is 13.1. The number of hydrogen-bond acceptors (Lipinski definition) is 8. The molecule has 234 valence electrons. The van der Waals surface area contributed by atoms with Crippen molar-refractivity contribution in [2.75, 3.05) is 6.61 Å². The topological polar surface area (TPSA) is 129 Å². The lowest BCUT2D eigenvalue weighted by molar-refractivity contribution is -0.177. The summed E-state index contributed by atoms with van der Waals surface area (Å²) in [7, 11) is 0. The van der Waals surface area contributed by atoms with E-state index in [1.165, 1.54) is 12.2 Å². The van der Waals surface area contributed by atoms with Crippen molar-refractivity contribution in [3.8, 4) is 0 Å². The Kier molecular flexibility index (Phi) is 12.7. The van der Waals surface area contributed by atoms with Crippen molar-refractivity contribution >= 4 is 23.9 Å². The van der Waals surface area contributed by atoms with Crippen LogP contribution in [-0.4, -0.2) is 54.9 Å². The van der Waals surface area contributed by atoms with Gasteiger partial charge in [-0.05, 0) is 23.6 Å². The van der Waals surface area contributed by atoms with Crippen LogP contribution in [0.1, 0.15) is 23.6 Å². The molecule has 0 aliphatic carbocycles. The van der Waals surface area contributed by atoms with E-state index in [4.69, 9.17) is 18.9 Å². The molecule has 3 rings (SSSR count). The zero-order chi connectivity index (χ0) is 32.0. The average Bonchev–Trinajstić information content (AvgIpc) is 3.03. The van der Waals surface area contributed by atoms with Crippen molar-refractivity contribution in [1.29, 1.82) is 0 Å². The highest BCUT2D eigenvalue weighted by Crippen LogP contribution is 2.15. The third-order valence-electron chi connectivity index (χ3n) is 6.03. The maximum Gasteiger partial charge on any atom is 0.471 e. The Hall–Kier alpha value is -4.91. The number of benzene rings is 3. The van der Waals surface area contributed by atoms with Crippen LogP contribution >= 0.6 is 0 Å². The minimum absolute atomic E-state index is 0.0443. The minimum atomic E-state index is -5.33. The number of alkyl halides is 3. The number of nitrogens with one attached hydrogen (secondary N) is 2. The number of rotatable bonds is 14. The molecule has 2 N–H and O–H groups in total. The van der Waals surface area contributed by atoms with Crippen LogP contribution in [0.3, 0.4) is 0 Å². The first-order chi connectivity index (χ1) is 21.0. The van der Waals surface area contributed by atoms with Crippen LogP contribution in [0, 0.1) is 0 Å². The second-order valence-corrected chi connectivity index (χ2v) is 9.43. The second-order valence-electron chi connectivity index (χ2n) is 9.43. The molecule has 3 aromatic carbocycles. The zero-order valence-corrected chi connectivity index (χ0v) is 23.6. The van der Waals surface area contributed by atoms with Crippen LogP contribution in [-0.2, 0) is 53.2 Å². The summed E-state index contributed by atoms with van der Waals surface area (Å²) in [4.78, 5) is 50.0. The second kappa shape index (κ2) is 16.7. The minimum Gasteiger partial charge on any atom is -0.461 e. The maximum atomic E-state index is 13.1. The van der Waals surface area contributed by atoms with Gasteiger partial charge in [0.1, 0.15) is 19.8 Å². The first-order valence-electron chi connectivity index (χ1n) is 13.4. The molecule has 13 heteroatoms. The van der Waals surface area contributed by atoms with Crippen molar-refractivity contribution in [2.24, 2.45) is 0 Å². The van der Waals surface area contributed by atoms with E-state index in [9.17, 15) is 32.3 Å². The van der Waals surface area contributed by atoms with Gasteiger partial charge in [0.25, 0.3) is 0 Å². The predicted octanol–water partition coefficient (Wildman–Crippen LogP) is 4.22. The summed E-state index contributed by atoms with van der Waals surface area (Å²) in [5.74, 6) is -4.88. The third-order valence-corrected chi connectivity index (χ3v) is 6.03. The van der Waals surface area contributed by atoms with Gasteiger partial charge in [-0.2, -0.15) is 13.2 Å². The van der Waals surface area contributed by atoms with Crippen molar-refractivity contribution in [3.63, 3.8) is 0 Å². The Balaban J connectivity index is 1.69. The zero-order valence-electron chi connectivity index (χ0n) is 23.6. The first kappa shape index (κ1) is 33.6. The van der Waals surface area contributed by atoms with E-state index >= 15 is 0 Å². The van der Waals surface area contributed by atoms with E-state index in [2.05, 4.69) is 5.32 Å². The number of esters is 2. The molecular formula is C31H31F3N2O8. The number of carbonyl (C=O) groups excluding carboxylic acids is 4. The number of amides is 2. The molecule has 0 heterocycles. The van der Waals surface area contributed by atoms with Gasteiger partial charge < -0.3 is 29.6 Å². The number of alkyl carbamates (subject to hydrolysis) is 1. The smallest absolute Gasteiger partial charge is 0.461 e. The molecule has 2 amide bonds. The van der Waals surface area contributed by atoms with E-state index < -0.39 is 54.9 Å². The highest BCUT2D eigenvalue weighted by atomic mass is 19.4. The highest BCUT2D eigenvalue weighted by molar-refractivity contribution is 5.88. The highest BCUT2D eigenvalue weighted by Gasteiger charge is 2.42. The molecule has 0 bridgehead atoms. The van der Waals surface area contributed by atoms with Gasteiger partial charge >= 0.3 is 30.1 Å². The molecule has 0 radical (unpaired) electrons. The monoisotopic (exact) mass is 616 g/mol. The van der Waals surface area contributed by atoms with Gasteiger partial charge in [-0.25, -0.2) is 14.4 Å². The normalized spacial score (nSPS) is 13.1. The Morgan fingerprint density at radius 1 is 0.659 bits per heavy atom. The fourth-order valence-corrected chi connectivity index (χ4v) is 3.65. The Bertz CT molecular complexity index is 1360. The first-order valence-corrected chi connectivity index (χ1v) is 13.4. The molecule has 0 fully saturated rings. The van der Waals surface area contributed by atoms with Gasteiger partial charge in [0, 0.05) is 0 Å². The number of hydrogen-bond donors (Lipinski definition) is 2. The van der Waals surface area contributed by atoms with Gasteiger partial charge in [0.2, 0.25) is 0 Å². The van der Waals surface area contributed by atoms with Crippen LogP contribution in [0.25, 0.3) is 0 Å². The fraction of sp³-hybridized carbons (Fsp3) is 0.290. The summed E-state index contributed by atoms with van der Waals surface area (Å²) in [6, 6.07) is 22.3. The average molecular weight is 617 g/mol. The van der Waals surface area contributed by atoms with Crippen LogP contribution in [0.5, 0.6) is 0 Å². The lowest BCUT2D eigenvalue weighted by Crippen LogP contribution is -2.53. The van der Waals surface area contributed by atoms with Crippen molar-refractivity contribution in [3.05, 3.63) is 108 Å². The van der Waals surface area contributed by atoms with Gasteiger partial charge in [0.05, 0.1) is 12.7 Å². The van der Waals surface area contributed by atoms with Gasteiger partial charge in [-0.3, -0.25) is 4.79 Å². The van der Waals surface area contributed by atoms with E-state index in [1.807, 2.05) is 0 Å². The van der Waals surface area contributed by atoms with Crippen molar-refractivity contribution in [2.45, 2.75) is 51.1 Å². The number of ether oxygens (including phenoxy) is 4. The van der Waals surface area contributed by atoms with Crippen LogP contribution in [0.15, 0.2) is 91.0 Å². The molecular weight excluding hydrogens is 585 g/mol. The van der Waals surface area contributed by atoms with Crippen LogP contribution < -0.4 is 10.6 Å². The van der Waals surface area contributed by atoms with E-state index in [1.54, 1.807) is 91.0 Å². The molecule has 0 aromatic heterocycles. The van der Waals surface area contributed by atoms with Crippen LogP contribution in [0.2, 0.25) is 0 Å². The number of carbonyl (C=O) groups is 4. The molecule has 3 atom stereocenters. The standard InChI is InChI=1S/C31H31F3N2O8/c1-21(41-17-22-11-5-2-6-12-22)26(36-30(40)44-19-24-15-9-4-10-16-24)28(38)43-20-25(35-29(39)31(32,33)34)27(37)42-18-23-13-7-3-8-14-23/h2-16,21,25-26H,17-20H2,1H3,(H,35,39)(H,36,40)/t21-,25+,26+/m1/s1. The van der Waals surface area contributed by atoms with Crippen molar-refractivity contribution < 1.29 is 51.3 Å². The molecule has 0 aliphatic rings. The summed E-state index contributed by atoms with van der Waals surface area (Å²) in [6.07, 6.45) is -7.36. The lowest BCUT2D eigenvalue weighted by Gasteiger charge is -2.25. The van der Waals surface area contributed by atoms with E-state index in [0.29, 0.717) is 11.1 Å². The van der Waals surface area contributed by atoms with E-state index in [-0.39, 0.29) is 19.8 Å². The Morgan fingerprint density at radius 2 is 1.14 bits per heavy atom. The fourth-order valence-electron chi connectivity index (χ4n) is 3.65. The Labute approximate surface area is 251 Å². The molecule has 0 saturated heterocycles. The number of halogens is 3. The largest absolute Gasteiger partial charge is 0.471 e. The predicted molar refractivity (Wildman–Crippen MR) is 149 cm³/mol.